The van der Waals surface area contributed by atoms with Gasteiger partial charge in [-0.2, -0.15) is 0 Å². The molecule has 2 heterocycles. The van der Waals surface area contributed by atoms with E-state index >= 15 is 0 Å². The maximum atomic E-state index is 13.3. The van der Waals surface area contributed by atoms with Gasteiger partial charge in [-0.25, -0.2) is 9.18 Å². The van der Waals surface area contributed by atoms with Gasteiger partial charge in [-0.3, -0.25) is 4.79 Å². The third-order valence-electron chi connectivity index (χ3n) is 5.70. The van der Waals surface area contributed by atoms with Gasteiger partial charge in [-0.1, -0.05) is 12.1 Å². The number of halogens is 1. The van der Waals surface area contributed by atoms with Gasteiger partial charge in [0, 0.05) is 25.7 Å². The molecule has 1 N–H and O–H groups in total. The van der Waals surface area contributed by atoms with E-state index in [0.717, 1.165) is 50.6 Å². The third kappa shape index (κ3) is 2.98. The molecular weight excluding hydrogens is 321 g/mol. The Hall–Kier alpha value is -2.11. The van der Waals surface area contributed by atoms with Gasteiger partial charge in [0.15, 0.2) is 0 Å². The van der Waals surface area contributed by atoms with Crippen molar-refractivity contribution in [3.63, 3.8) is 0 Å². The van der Waals surface area contributed by atoms with Gasteiger partial charge in [0.1, 0.15) is 11.4 Å². The molecule has 1 saturated carbocycles. The molecule has 0 bridgehead atoms. The summed E-state index contributed by atoms with van der Waals surface area (Å²) >= 11 is 0. The van der Waals surface area contributed by atoms with Crippen molar-refractivity contribution < 1.29 is 14.0 Å². The Balaban J connectivity index is 1.46. The summed E-state index contributed by atoms with van der Waals surface area (Å²) in [5.41, 5.74) is 0.0588. The van der Waals surface area contributed by atoms with Crippen molar-refractivity contribution in [3.05, 3.63) is 35.6 Å². The van der Waals surface area contributed by atoms with Crippen molar-refractivity contribution in [1.82, 2.24) is 15.1 Å². The number of urea groups is 1. The molecule has 5 nitrogen and oxygen atoms in total. The summed E-state index contributed by atoms with van der Waals surface area (Å²) in [6, 6.07) is 6.39. The molecule has 25 heavy (non-hydrogen) atoms. The number of amides is 3. The lowest BCUT2D eigenvalue weighted by atomic mass is 9.85. The molecule has 1 aromatic carbocycles. The largest absolute Gasteiger partial charge is 0.338 e. The number of benzene rings is 1. The minimum Gasteiger partial charge on any atom is -0.338 e. The molecule has 134 valence electrons. The number of rotatable bonds is 3. The third-order valence-corrected chi connectivity index (χ3v) is 5.70. The molecule has 1 aliphatic carbocycles. The molecule has 3 fully saturated rings. The van der Waals surface area contributed by atoms with Gasteiger partial charge < -0.3 is 15.1 Å². The standard InChI is InChI=1S/C19H24FN3O2/c20-15-5-1-4-14(12-15)13-21-18(25)23-11-3-9-19(23)8-2-10-22(17(19)24)16-6-7-16/h1,4-5,12,16H,2-3,6-11,13H2,(H,21,25). The molecule has 1 unspecified atom stereocenters. The number of hydrogen-bond acceptors (Lipinski definition) is 2. The smallest absolute Gasteiger partial charge is 0.318 e. The van der Waals surface area contributed by atoms with Gasteiger partial charge in [0.05, 0.1) is 0 Å². The Kier molecular flexibility index (Phi) is 4.13. The highest BCUT2D eigenvalue weighted by Gasteiger charge is 2.54. The van der Waals surface area contributed by atoms with Gasteiger partial charge in [0.2, 0.25) is 5.91 Å². The van der Waals surface area contributed by atoms with Crippen LogP contribution >= 0.6 is 0 Å². The molecule has 6 heteroatoms. The van der Waals surface area contributed by atoms with Crippen LogP contribution in [0.1, 0.15) is 44.1 Å². The Morgan fingerprint density at radius 2 is 2.00 bits per heavy atom. The van der Waals surface area contributed by atoms with Crippen LogP contribution in [0.3, 0.4) is 0 Å². The van der Waals surface area contributed by atoms with Crippen LogP contribution in [0.15, 0.2) is 24.3 Å². The zero-order valence-electron chi connectivity index (χ0n) is 14.3. The second-order valence-corrected chi connectivity index (χ2v) is 7.41. The minimum atomic E-state index is -0.660. The summed E-state index contributed by atoms with van der Waals surface area (Å²) in [6.45, 7) is 1.70. The first-order valence-corrected chi connectivity index (χ1v) is 9.21. The van der Waals surface area contributed by atoms with E-state index in [1.165, 1.54) is 12.1 Å². The van der Waals surface area contributed by atoms with E-state index in [4.69, 9.17) is 0 Å². The predicted molar refractivity (Wildman–Crippen MR) is 91.3 cm³/mol. The molecule has 2 saturated heterocycles. The molecule has 1 spiro atoms. The zero-order chi connectivity index (χ0) is 17.4. The lowest BCUT2D eigenvalue weighted by Gasteiger charge is -2.44. The van der Waals surface area contributed by atoms with Crippen molar-refractivity contribution in [2.45, 2.75) is 56.7 Å². The Labute approximate surface area is 147 Å². The van der Waals surface area contributed by atoms with Crippen LogP contribution in [-0.2, 0) is 11.3 Å². The summed E-state index contributed by atoms with van der Waals surface area (Å²) in [7, 11) is 0. The average molecular weight is 345 g/mol. The molecule has 2 aliphatic heterocycles. The number of likely N-dealkylation sites (tertiary alicyclic amines) is 2. The molecule has 0 radical (unpaired) electrons. The minimum absolute atomic E-state index is 0.139. The zero-order valence-corrected chi connectivity index (χ0v) is 14.3. The highest BCUT2D eigenvalue weighted by atomic mass is 19.1. The quantitative estimate of drug-likeness (QED) is 0.916. The van der Waals surface area contributed by atoms with Crippen molar-refractivity contribution in [2.75, 3.05) is 13.1 Å². The van der Waals surface area contributed by atoms with Gasteiger partial charge in [-0.05, 0) is 56.2 Å². The lowest BCUT2D eigenvalue weighted by Crippen LogP contribution is -2.63. The summed E-state index contributed by atoms with van der Waals surface area (Å²) in [5, 5.41) is 2.87. The van der Waals surface area contributed by atoms with E-state index in [0.29, 0.717) is 12.6 Å². The first kappa shape index (κ1) is 16.4. The van der Waals surface area contributed by atoms with E-state index in [-0.39, 0.29) is 24.3 Å². The van der Waals surface area contributed by atoms with Crippen LogP contribution in [-0.4, -0.2) is 46.4 Å². The van der Waals surface area contributed by atoms with Crippen LogP contribution in [0.5, 0.6) is 0 Å². The van der Waals surface area contributed by atoms with E-state index in [2.05, 4.69) is 5.32 Å². The molecule has 0 aromatic heterocycles. The fourth-order valence-corrected chi connectivity index (χ4v) is 4.33. The number of piperidine rings is 1. The normalized spacial score (nSPS) is 26.4. The summed E-state index contributed by atoms with van der Waals surface area (Å²) in [6.07, 6.45) is 5.50. The Morgan fingerprint density at radius 1 is 1.24 bits per heavy atom. The second-order valence-electron chi connectivity index (χ2n) is 7.41. The monoisotopic (exact) mass is 345 g/mol. The number of hydrogen-bond donors (Lipinski definition) is 1. The van der Waals surface area contributed by atoms with Crippen molar-refractivity contribution >= 4 is 11.9 Å². The highest BCUT2D eigenvalue weighted by Crippen LogP contribution is 2.41. The van der Waals surface area contributed by atoms with Gasteiger partial charge >= 0.3 is 6.03 Å². The predicted octanol–water partition coefficient (Wildman–Crippen LogP) is 2.65. The average Bonchev–Trinajstić information content (AvgIpc) is 3.36. The first-order chi connectivity index (χ1) is 12.1. The summed E-state index contributed by atoms with van der Waals surface area (Å²) in [5.74, 6) is -0.174. The molecule has 3 aliphatic rings. The number of carbonyl (C=O) groups excluding carboxylic acids is 2. The number of carbonyl (C=O) groups is 2. The fourth-order valence-electron chi connectivity index (χ4n) is 4.33. The van der Waals surface area contributed by atoms with Crippen LogP contribution < -0.4 is 5.32 Å². The highest BCUT2D eigenvalue weighted by molar-refractivity contribution is 5.92. The van der Waals surface area contributed by atoms with Gasteiger partial charge in [-0.15, -0.1) is 0 Å². The number of nitrogens with zero attached hydrogens (tertiary/aromatic N) is 2. The van der Waals surface area contributed by atoms with Crippen LogP contribution in [0.2, 0.25) is 0 Å². The summed E-state index contributed by atoms with van der Waals surface area (Å²) in [4.78, 5) is 29.6. The molecule has 4 rings (SSSR count). The molecule has 1 aromatic rings. The van der Waals surface area contributed by atoms with E-state index in [9.17, 15) is 14.0 Å². The fraction of sp³-hybridized carbons (Fsp3) is 0.579. The van der Waals surface area contributed by atoms with Crippen LogP contribution in [0.25, 0.3) is 0 Å². The summed E-state index contributed by atoms with van der Waals surface area (Å²) < 4.78 is 13.3. The lowest BCUT2D eigenvalue weighted by molar-refractivity contribution is -0.146. The van der Waals surface area contributed by atoms with E-state index in [1.54, 1.807) is 17.0 Å². The maximum Gasteiger partial charge on any atom is 0.318 e. The van der Waals surface area contributed by atoms with Crippen LogP contribution in [0.4, 0.5) is 9.18 Å². The van der Waals surface area contributed by atoms with E-state index in [1.807, 2.05) is 4.90 Å². The van der Waals surface area contributed by atoms with E-state index < -0.39 is 5.54 Å². The molecular formula is C19H24FN3O2. The van der Waals surface area contributed by atoms with Crippen molar-refractivity contribution in [2.24, 2.45) is 0 Å². The number of nitrogens with one attached hydrogen (secondary N) is 1. The second kappa shape index (κ2) is 6.32. The van der Waals surface area contributed by atoms with Gasteiger partial charge in [0.25, 0.3) is 0 Å². The Bertz CT molecular complexity index is 691. The van der Waals surface area contributed by atoms with Crippen molar-refractivity contribution in [3.8, 4) is 0 Å². The Morgan fingerprint density at radius 3 is 2.72 bits per heavy atom. The maximum absolute atomic E-state index is 13.3. The first-order valence-electron chi connectivity index (χ1n) is 9.21. The SMILES string of the molecule is O=C(NCc1cccc(F)c1)N1CCCC12CCCN(C1CC1)C2=O. The molecule has 1 atom stereocenters. The van der Waals surface area contributed by atoms with Crippen molar-refractivity contribution in [1.29, 1.82) is 0 Å². The molecule has 3 amide bonds. The van der Waals surface area contributed by atoms with Crippen LogP contribution in [0, 0.1) is 5.82 Å². The topological polar surface area (TPSA) is 52.7 Å².